The molecule has 0 fully saturated rings. The third-order valence-electron chi connectivity index (χ3n) is 5.84. The summed E-state index contributed by atoms with van der Waals surface area (Å²) in [6.07, 6.45) is 0. The van der Waals surface area contributed by atoms with Crippen LogP contribution in [0.4, 0.5) is 5.69 Å². The zero-order chi connectivity index (χ0) is 22.4. The molecular formula is C26H22N2O3S. The molecule has 1 N–H and O–H groups in total. The van der Waals surface area contributed by atoms with Crippen LogP contribution in [0.15, 0.2) is 60.0 Å². The van der Waals surface area contributed by atoms with Crippen LogP contribution in [0, 0.1) is 6.92 Å². The molecule has 0 radical (unpaired) electrons. The second kappa shape index (κ2) is 7.80. The molecule has 3 aromatic carbocycles. The van der Waals surface area contributed by atoms with Crippen molar-refractivity contribution in [1.29, 1.82) is 0 Å². The molecule has 32 heavy (non-hydrogen) atoms. The summed E-state index contributed by atoms with van der Waals surface area (Å²) < 4.78 is 3.36. The van der Waals surface area contributed by atoms with E-state index in [2.05, 4.69) is 23.0 Å². The van der Waals surface area contributed by atoms with Crippen LogP contribution in [0.5, 0.6) is 0 Å². The minimum absolute atomic E-state index is 0.0259. The maximum atomic E-state index is 13.3. The van der Waals surface area contributed by atoms with Gasteiger partial charge in [0.05, 0.1) is 11.2 Å². The average molecular weight is 443 g/mol. The highest BCUT2D eigenvalue weighted by atomic mass is 32.1. The predicted molar refractivity (Wildman–Crippen MR) is 131 cm³/mol. The fourth-order valence-corrected chi connectivity index (χ4v) is 5.39. The van der Waals surface area contributed by atoms with Gasteiger partial charge in [-0.15, -0.1) is 11.3 Å². The van der Waals surface area contributed by atoms with Crippen LogP contribution in [0.1, 0.15) is 35.3 Å². The number of nitrogens with zero attached hydrogens (tertiary/aromatic N) is 1. The minimum Gasteiger partial charge on any atom is -0.344 e. The van der Waals surface area contributed by atoms with Crippen molar-refractivity contribution < 1.29 is 14.4 Å². The number of rotatable bonds is 5. The first-order valence-electron chi connectivity index (χ1n) is 10.5. The average Bonchev–Trinajstić information content (AvgIpc) is 3.35. The zero-order valence-electron chi connectivity index (χ0n) is 18.1. The smallest absolute Gasteiger partial charge is 0.329 e. The molecule has 160 valence electrons. The van der Waals surface area contributed by atoms with Gasteiger partial charge < -0.3 is 9.40 Å². The van der Waals surface area contributed by atoms with E-state index in [1.165, 1.54) is 6.92 Å². The van der Waals surface area contributed by atoms with Crippen molar-refractivity contribution in [3.05, 3.63) is 76.7 Å². The number of hydrogen-bond acceptors (Lipinski definition) is 5. The summed E-state index contributed by atoms with van der Waals surface area (Å²) in [6.45, 7) is 6.27. The number of aromatic nitrogens is 1. The summed E-state index contributed by atoms with van der Waals surface area (Å²) in [5.74, 6) is -0.370. The Morgan fingerprint density at radius 2 is 1.81 bits per heavy atom. The molecule has 5 rings (SSSR count). The Labute approximate surface area is 189 Å². The Hall–Kier alpha value is -3.64. The fourth-order valence-electron chi connectivity index (χ4n) is 4.35. The molecule has 0 saturated heterocycles. The van der Waals surface area contributed by atoms with Gasteiger partial charge in [0, 0.05) is 56.4 Å². The molecule has 0 spiro atoms. The van der Waals surface area contributed by atoms with E-state index in [1.807, 2.05) is 60.8 Å². The number of carbonyl (C=O) groups excluding carboxylic acids is 2. The van der Waals surface area contributed by atoms with Gasteiger partial charge in [0.2, 0.25) is 0 Å². The van der Waals surface area contributed by atoms with Gasteiger partial charge in [0.15, 0.2) is 5.78 Å². The Morgan fingerprint density at radius 3 is 2.56 bits per heavy atom. The molecule has 0 bridgehead atoms. The lowest BCUT2D eigenvalue weighted by Crippen LogP contribution is -2.05. The third-order valence-corrected chi connectivity index (χ3v) is 6.85. The van der Waals surface area contributed by atoms with Gasteiger partial charge in [-0.2, -0.15) is 0 Å². The highest BCUT2D eigenvalue weighted by Crippen LogP contribution is 2.41. The number of thiophene rings is 1. The Balaban J connectivity index is 1.74. The van der Waals surface area contributed by atoms with Crippen molar-refractivity contribution >= 4 is 60.7 Å². The molecule has 0 aliphatic rings. The summed E-state index contributed by atoms with van der Waals surface area (Å²) in [6, 6.07) is 17.8. The van der Waals surface area contributed by atoms with Crippen molar-refractivity contribution in [2.24, 2.45) is 0 Å². The minimum atomic E-state index is -0.396. The Morgan fingerprint density at radius 1 is 1.03 bits per heavy atom. The number of carbonyl (C=O) groups is 2. The lowest BCUT2D eigenvalue weighted by molar-refractivity contribution is -0.138. The largest absolute Gasteiger partial charge is 0.344 e. The van der Waals surface area contributed by atoms with E-state index in [0.717, 1.165) is 55.3 Å². The van der Waals surface area contributed by atoms with Gasteiger partial charge in [-0.3, -0.25) is 9.59 Å². The van der Waals surface area contributed by atoms with Crippen molar-refractivity contribution in [2.45, 2.75) is 27.3 Å². The molecule has 0 atom stereocenters. The van der Waals surface area contributed by atoms with Crippen LogP contribution >= 0.6 is 11.3 Å². The van der Waals surface area contributed by atoms with E-state index in [-0.39, 0.29) is 5.78 Å². The van der Waals surface area contributed by atoms with Gasteiger partial charge in [-0.1, -0.05) is 24.3 Å². The zero-order valence-corrected chi connectivity index (χ0v) is 18.9. The molecule has 6 heteroatoms. The normalized spacial score (nSPS) is 11.3. The summed E-state index contributed by atoms with van der Waals surface area (Å²) in [5.41, 5.74) is 8.10. The predicted octanol–water partition coefficient (Wildman–Crippen LogP) is 6.46. The molecule has 0 unspecified atom stereocenters. The molecule has 0 aliphatic heterocycles. The summed E-state index contributed by atoms with van der Waals surface area (Å²) in [7, 11) is 0. The second-order valence-electron chi connectivity index (χ2n) is 7.80. The molecule has 0 aliphatic carbocycles. The SMILES string of the molecule is CCn1c2ccc(C(=O)c3ccccc3C)cc2c2c3scc(NOC(C)=O)c3ccc21. The van der Waals surface area contributed by atoms with Gasteiger partial charge in [0.1, 0.15) is 0 Å². The van der Waals surface area contributed by atoms with Gasteiger partial charge in [-0.05, 0) is 49.7 Å². The van der Waals surface area contributed by atoms with E-state index >= 15 is 0 Å². The first-order valence-corrected chi connectivity index (χ1v) is 11.4. The molecule has 0 saturated carbocycles. The number of fused-ring (bicyclic) bond motifs is 5. The van der Waals surface area contributed by atoms with Gasteiger partial charge in [0.25, 0.3) is 0 Å². The summed E-state index contributed by atoms with van der Waals surface area (Å²) in [5, 5.41) is 5.09. The lowest BCUT2D eigenvalue weighted by atomic mass is 9.98. The molecule has 0 amide bonds. The molecule has 2 heterocycles. The quantitative estimate of drug-likeness (QED) is 0.251. The monoisotopic (exact) mass is 442 g/mol. The number of hydrogen-bond donors (Lipinski definition) is 1. The first kappa shape index (κ1) is 20.3. The van der Waals surface area contributed by atoms with Crippen molar-refractivity contribution in [1.82, 2.24) is 4.57 Å². The van der Waals surface area contributed by atoms with E-state index in [4.69, 9.17) is 4.84 Å². The van der Waals surface area contributed by atoms with Crippen molar-refractivity contribution in [2.75, 3.05) is 5.48 Å². The second-order valence-corrected chi connectivity index (χ2v) is 8.68. The van der Waals surface area contributed by atoms with Crippen LogP contribution in [0.2, 0.25) is 0 Å². The topological polar surface area (TPSA) is 60.3 Å². The first-order chi connectivity index (χ1) is 15.5. The molecule has 5 aromatic rings. The third kappa shape index (κ3) is 3.15. The summed E-state index contributed by atoms with van der Waals surface area (Å²) >= 11 is 1.59. The van der Waals surface area contributed by atoms with E-state index < -0.39 is 5.97 Å². The van der Waals surface area contributed by atoms with Crippen LogP contribution in [-0.4, -0.2) is 16.3 Å². The van der Waals surface area contributed by atoms with Gasteiger partial charge >= 0.3 is 5.97 Å². The van der Waals surface area contributed by atoms with Crippen LogP contribution < -0.4 is 5.48 Å². The maximum absolute atomic E-state index is 13.3. The van der Waals surface area contributed by atoms with E-state index in [0.29, 0.717) is 5.56 Å². The van der Waals surface area contributed by atoms with Crippen molar-refractivity contribution in [3.8, 4) is 0 Å². The Kier molecular flexibility index (Phi) is 4.94. The molecular weight excluding hydrogens is 420 g/mol. The van der Waals surface area contributed by atoms with Gasteiger partial charge in [-0.25, -0.2) is 5.48 Å². The van der Waals surface area contributed by atoms with E-state index in [1.54, 1.807) is 11.3 Å². The highest BCUT2D eigenvalue weighted by Gasteiger charge is 2.18. The van der Waals surface area contributed by atoms with Crippen LogP contribution in [-0.2, 0) is 16.2 Å². The van der Waals surface area contributed by atoms with E-state index in [9.17, 15) is 9.59 Å². The lowest BCUT2D eigenvalue weighted by Gasteiger charge is -2.06. The fraction of sp³-hybridized carbons (Fsp3) is 0.154. The summed E-state index contributed by atoms with van der Waals surface area (Å²) in [4.78, 5) is 29.5. The van der Waals surface area contributed by atoms with Crippen LogP contribution in [0.3, 0.4) is 0 Å². The van der Waals surface area contributed by atoms with Crippen LogP contribution in [0.25, 0.3) is 31.9 Å². The number of benzene rings is 3. The standard InChI is InChI=1S/C26H22N2O3S/c1-4-28-22-11-9-17(25(30)18-8-6-5-7-15(18)2)13-20(22)24-23(28)12-10-19-21(14-32-26(19)24)27-31-16(3)29/h5-14,27H,4H2,1-3H3. The number of aryl methyl sites for hydroxylation is 2. The van der Waals surface area contributed by atoms with Crippen molar-refractivity contribution in [3.63, 3.8) is 0 Å². The molecule has 5 nitrogen and oxygen atoms in total. The molecule has 2 aromatic heterocycles. The highest BCUT2D eigenvalue weighted by molar-refractivity contribution is 7.19. The number of ketones is 1. The Bertz CT molecular complexity index is 1530. The number of anilines is 1. The number of nitrogens with one attached hydrogen (secondary N) is 1. The maximum Gasteiger partial charge on any atom is 0.329 e.